The molecule has 0 unspecified atom stereocenters. The number of unbranched alkanes of at least 4 members (excludes halogenated alkanes) is 1. The van der Waals surface area contributed by atoms with Crippen LogP contribution >= 0.6 is 11.3 Å². The third-order valence-electron chi connectivity index (χ3n) is 2.98. The van der Waals surface area contributed by atoms with Crippen molar-refractivity contribution in [1.82, 2.24) is 15.2 Å². The van der Waals surface area contributed by atoms with E-state index in [-0.39, 0.29) is 11.8 Å². The van der Waals surface area contributed by atoms with E-state index >= 15 is 0 Å². The van der Waals surface area contributed by atoms with Crippen LogP contribution in [0.4, 0.5) is 5.69 Å². The molecule has 0 spiro atoms. The van der Waals surface area contributed by atoms with Crippen molar-refractivity contribution < 1.29 is 4.79 Å². The number of hydrogen-bond donors (Lipinski definition) is 2. The Hall–Kier alpha value is -1.69. The van der Waals surface area contributed by atoms with Crippen LogP contribution in [0.15, 0.2) is 17.8 Å². The molecule has 0 fully saturated rings. The lowest BCUT2D eigenvalue weighted by Crippen LogP contribution is -2.20. The molecular formula is C13H18N4OS. The molecule has 0 radical (unpaired) electrons. The second kappa shape index (κ2) is 6.47. The average molecular weight is 278 g/mol. The summed E-state index contributed by atoms with van der Waals surface area (Å²) in [6.45, 7) is 4.08. The standard InChI is InChI=1S/C13H18N4OS/c1-3-4-5-9(2)12(18)16-10-8-15-17-11(10)13-14-6-7-19-13/h6-9H,3-5H2,1-2H3,(H,15,17)(H,16,18)/t9-/m0/s1. The normalized spacial score (nSPS) is 12.3. The number of nitrogens with zero attached hydrogens (tertiary/aromatic N) is 2. The van der Waals surface area contributed by atoms with Crippen molar-refractivity contribution in [3.8, 4) is 10.7 Å². The number of aromatic amines is 1. The average Bonchev–Trinajstić information content (AvgIpc) is 3.05. The van der Waals surface area contributed by atoms with E-state index in [4.69, 9.17) is 0 Å². The van der Waals surface area contributed by atoms with Crippen LogP contribution in [-0.4, -0.2) is 21.1 Å². The summed E-state index contributed by atoms with van der Waals surface area (Å²) in [5, 5.41) is 12.5. The van der Waals surface area contributed by atoms with Crippen molar-refractivity contribution in [2.45, 2.75) is 33.1 Å². The van der Waals surface area contributed by atoms with Crippen molar-refractivity contribution in [3.63, 3.8) is 0 Å². The Morgan fingerprint density at radius 2 is 2.42 bits per heavy atom. The van der Waals surface area contributed by atoms with E-state index < -0.39 is 0 Å². The zero-order valence-electron chi connectivity index (χ0n) is 11.1. The van der Waals surface area contributed by atoms with Crippen LogP contribution in [0, 0.1) is 5.92 Å². The van der Waals surface area contributed by atoms with Crippen LogP contribution in [0.25, 0.3) is 10.7 Å². The van der Waals surface area contributed by atoms with Gasteiger partial charge in [0.2, 0.25) is 5.91 Å². The molecule has 6 heteroatoms. The largest absolute Gasteiger partial charge is 0.323 e. The van der Waals surface area contributed by atoms with Gasteiger partial charge >= 0.3 is 0 Å². The molecule has 2 heterocycles. The maximum Gasteiger partial charge on any atom is 0.227 e. The fourth-order valence-corrected chi connectivity index (χ4v) is 2.43. The van der Waals surface area contributed by atoms with E-state index in [0.717, 1.165) is 30.0 Å². The topological polar surface area (TPSA) is 70.7 Å². The monoisotopic (exact) mass is 278 g/mol. The SMILES string of the molecule is CCCC[C@H](C)C(=O)Nc1cn[nH]c1-c1nccs1. The minimum absolute atomic E-state index is 0.0130. The van der Waals surface area contributed by atoms with Gasteiger partial charge in [0.05, 0.1) is 11.9 Å². The summed E-state index contributed by atoms with van der Waals surface area (Å²) in [7, 11) is 0. The van der Waals surface area contributed by atoms with E-state index in [1.165, 1.54) is 11.3 Å². The van der Waals surface area contributed by atoms with E-state index in [2.05, 4.69) is 27.4 Å². The van der Waals surface area contributed by atoms with Crippen molar-refractivity contribution in [3.05, 3.63) is 17.8 Å². The van der Waals surface area contributed by atoms with Crippen LogP contribution in [0.1, 0.15) is 33.1 Å². The summed E-state index contributed by atoms with van der Waals surface area (Å²) < 4.78 is 0. The first-order valence-electron chi connectivity index (χ1n) is 6.46. The van der Waals surface area contributed by atoms with Gasteiger partial charge in [0.25, 0.3) is 0 Å². The molecule has 0 saturated heterocycles. The fourth-order valence-electron chi connectivity index (χ4n) is 1.79. The first-order chi connectivity index (χ1) is 9.22. The number of hydrogen-bond acceptors (Lipinski definition) is 4. The molecule has 0 bridgehead atoms. The van der Waals surface area contributed by atoms with E-state index in [1.54, 1.807) is 12.4 Å². The van der Waals surface area contributed by atoms with Crippen LogP contribution in [0.3, 0.4) is 0 Å². The quantitative estimate of drug-likeness (QED) is 0.851. The highest BCUT2D eigenvalue weighted by Gasteiger charge is 2.16. The Labute approximate surface area is 116 Å². The summed E-state index contributed by atoms with van der Waals surface area (Å²) in [4.78, 5) is 16.3. The van der Waals surface area contributed by atoms with Gasteiger partial charge in [0.1, 0.15) is 10.7 Å². The lowest BCUT2D eigenvalue weighted by molar-refractivity contribution is -0.119. The Balaban J connectivity index is 2.04. The van der Waals surface area contributed by atoms with Crippen LogP contribution in [0.5, 0.6) is 0 Å². The fraction of sp³-hybridized carbons (Fsp3) is 0.462. The molecule has 1 amide bonds. The molecule has 5 nitrogen and oxygen atoms in total. The number of rotatable bonds is 6. The third-order valence-corrected chi connectivity index (χ3v) is 3.77. The van der Waals surface area contributed by atoms with Gasteiger partial charge in [-0.2, -0.15) is 5.10 Å². The Kier molecular flexibility index (Phi) is 4.68. The Morgan fingerprint density at radius 1 is 1.58 bits per heavy atom. The van der Waals surface area contributed by atoms with Crippen LogP contribution in [0.2, 0.25) is 0 Å². The number of anilines is 1. The number of amides is 1. The predicted octanol–water partition coefficient (Wildman–Crippen LogP) is 3.30. The second-order valence-corrected chi connectivity index (χ2v) is 5.42. The maximum absolute atomic E-state index is 12.1. The summed E-state index contributed by atoms with van der Waals surface area (Å²) in [6, 6.07) is 0. The number of H-pyrrole nitrogens is 1. The zero-order valence-corrected chi connectivity index (χ0v) is 12.0. The number of carbonyl (C=O) groups is 1. The number of nitrogens with one attached hydrogen (secondary N) is 2. The van der Waals surface area contributed by atoms with Gasteiger partial charge < -0.3 is 5.32 Å². The molecule has 0 aliphatic rings. The van der Waals surface area contributed by atoms with Gasteiger partial charge in [-0.1, -0.05) is 26.7 Å². The number of aromatic nitrogens is 3. The lowest BCUT2D eigenvalue weighted by Gasteiger charge is -2.11. The number of carbonyl (C=O) groups excluding carboxylic acids is 1. The van der Waals surface area contributed by atoms with Gasteiger partial charge in [-0.3, -0.25) is 9.89 Å². The highest BCUT2D eigenvalue weighted by Crippen LogP contribution is 2.27. The molecule has 0 saturated carbocycles. The molecule has 2 N–H and O–H groups in total. The first kappa shape index (κ1) is 13.7. The molecule has 2 rings (SSSR count). The molecule has 2 aromatic rings. The minimum atomic E-state index is 0.0130. The summed E-state index contributed by atoms with van der Waals surface area (Å²) in [5.41, 5.74) is 1.47. The van der Waals surface area contributed by atoms with Gasteiger partial charge in [-0.15, -0.1) is 11.3 Å². The molecule has 19 heavy (non-hydrogen) atoms. The second-order valence-electron chi connectivity index (χ2n) is 4.53. The highest BCUT2D eigenvalue weighted by molar-refractivity contribution is 7.13. The van der Waals surface area contributed by atoms with Gasteiger partial charge in [-0.05, 0) is 6.42 Å². The molecule has 0 aliphatic carbocycles. The summed E-state index contributed by atoms with van der Waals surface area (Å²) in [6.07, 6.45) is 6.44. The molecule has 102 valence electrons. The van der Waals surface area contributed by atoms with E-state index in [9.17, 15) is 4.79 Å². The van der Waals surface area contributed by atoms with Crippen molar-refractivity contribution in [1.29, 1.82) is 0 Å². The van der Waals surface area contributed by atoms with Crippen LogP contribution in [-0.2, 0) is 4.79 Å². The van der Waals surface area contributed by atoms with Gasteiger partial charge in [0.15, 0.2) is 0 Å². The molecule has 2 aromatic heterocycles. The smallest absolute Gasteiger partial charge is 0.227 e. The molecule has 0 aromatic carbocycles. The third kappa shape index (κ3) is 3.41. The van der Waals surface area contributed by atoms with Gasteiger partial charge in [0, 0.05) is 17.5 Å². The van der Waals surface area contributed by atoms with Gasteiger partial charge in [-0.25, -0.2) is 4.98 Å². The first-order valence-corrected chi connectivity index (χ1v) is 7.34. The lowest BCUT2D eigenvalue weighted by atomic mass is 10.0. The zero-order chi connectivity index (χ0) is 13.7. The Morgan fingerprint density at radius 3 is 3.11 bits per heavy atom. The summed E-state index contributed by atoms with van der Waals surface area (Å²) in [5.74, 6) is 0.0478. The number of thiazole rings is 1. The van der Waals surface area contributed by atoms with E-state index in [1.807, 2.05) is 12.3 Å². The molecule has 1 atom stereocenters. The predicted molar refractivity (Wildman–Crippen MR) is 77.0 cm³/mol. The summed E-state index contributed by atoms with van der Waals surface area (Å²) >= 11 is 1.51. The highest BCUT2D eigenvalue weighted by atomic mass is 32.1. The Bertz CT molecular complexity index is 520. The minimum Gasteiger partial charge on any atom is -0.323 e. The maximum atomic E-state index is 12.1. The van der Waals surface area contributed by atoms with Crippen molar-refractivity contribution in [2.24, 2.45) is 5.92 Å². The molecule has 0 aliphatic heterocycles. The van der Waals surface area contributed by atoms with Crippen molar-refractivity contribution in [2.75, 3.05) is 5.32 Å². The van der Waals surface area contributed by atoms with Crippen molar-refractivity contribution >= 4 is 22.9 Å². The molecular weight excluding hydrogens is 260 g/mol. The van der Waals surface area contributed by atoms with Crippen LogP contribution < -0.4 is 5.32 Å². The van der Waals surface area contributed by atoms with E-state index in [0.29, 0.717) is 5.69 Å².